The highest BCUT2D eigenvalue weighted by Gasteiger charge is 2.36. The van der Waals surface area contributed by atoms with Gasteiger partial charge in [0.05, 0.1) is 0 Å². The Kier molecular flexibility index (Phi) is 3.61. The zero-order valence-electron chi connectivity index (χ0n) is 8.94. The molecule has 86 valence electrons. The van der Waals surface area contributed by atoms with Gasteiger partial charge in [-0.2, -0.15) is 0 Å². The van der Waals surface area contributed by atoms with Crippen LogP contribution >= 0.6 is 22.6 Å². The highest BCUT2D eigenvalue weighted by Crippen LogP contribution is 2.25. The van der Waals surface area contributed by atoms with Crippen molar-refractivity contribution in [2.45, 2.75) is 32.2 Å². The van der Waals surface area contributed by atoms with Crippen LogP contribution in [0.5, 0.6) is 0 Å². The zero-order chi connectivity index (χ0) is 11.7. The van der Waals surface area contributed by atoms with Gasteiger partial charge in [-0.05, 0) is 48.1 Å². The molecule has 0 bridgehead atoms. The Morgan fingerprint density at radius 3 is 2.88 bits per heavy atom. The van der Waals surface area contributed by atoms with E-state index >= 15 is 0 Å². The van der Waals surface area contributed by atoms with Crippen LogP contribution in [0.2, 0.25) is 0 Å². The molecule has 0 aliphatic carbocycles. The Bertz CT molecular complexity index is 417. The molecule has 1 N–H and O–H groups in total. The molecule has 3 nitrogen and oxygen atoms in total. The first kappa shape index (κ1) is 12.0. The third-order valence-electron chi connectivity index (χ3n) is 2.63. The number of halogens is 1. The van der Waals surface area contributed by atoms with Gasteiger partial charge >= 0.3 is 0 Å². The number of hydrogen-bond donors (Lipinski definition) is 1. The number of benzene rings is 1. The molecular formula is C12H13IO3. The summed E-state index contributed by atoms with van der Waals surface area (Å²) in [5.41, 5.74) is 1.86. The fourth-order valence-electron chi connectivity index (χ4n) is 1.61. The van der Waals surface area contributed by atoms with Crippen molar-refractivity contribution in [3.8, 4) is 0 Å². The third kappa shape index (κ3) is 2.81. The van der Waals surface area contributed by atoms with E-state index < -0.39 is 6.29 Å². The van der Waals surface area contributed by atoms with Crippen LogP contribution in [0.15, 0.2) is 18.2 Å². The number of carbonyl (C=O) groups excluding carboxylic acids is 1. The SMILES string of the molecule is Cc1ccc(I)c(C(=O)CCC2OC2O)c1. The number of ketones is 1. The van der Waals surface area contributed by atoms with Crippen LogP contribution in [0.3, 0.4) is 0 Å². The predicted octanol–water partition coefficient (Wildman–Crippen LogP) is 2.28. The molecule has 1 aromatic rings. The van der Waals surface area contributed by atoms with Crippen molar-refractivity contribution in [2.75, 3.05) is 0 Å². The summed E-state index contributed by atoms with van der Waals surface area (Å²) in [6.07, 6.45) is 0.251. The second kappa shape index (κ2) is 4.81. The molecule has 1 aliphatic heterocycles. The van der Waals surface area contributed by atoms with Gasteiger partial charge in [-0.25, -0.2) is 0 Å². The summed E-state index contributed by atoms with van der Waals surface area (Å²) < 4.78 is 5.84. The number of epoxide rings is 1. The number of rotatable bonds is 4. The summed E-state index contributed by atoms with van der Waals surface area (Å²) in [7, 11) is 0. The van der Waals surface area contributed by atoms with Crippen LogP contribution in [-0.4, -0.2) is 23.3 Å². The topological polar surface area (TPSA) is 49.8 Å². The normalized spacial score (nSPS) is 23.2. The molecule has 0 aromatic heterocycles. The Hall–Kier alpha value is -0.460. The van der Waals surface area contributed by atoms with Gasteiger partial charge in [0.2, 0.25) is 0 Å². The van der Waals surface area contributed by atoms with E-state index in [9.17, 15) is 4.79 Å². The maximum absolute atomic E-state index is 11.9. The first-order valence-electron chi connectivity index (χ1n) is 5.21. The summed E-state index contributed by atoms with van der Waals surface area (Å²) >= 11 is 2.17. The minimum absolute atomic E-state index is 0.121. The molecule has 1 saturated heterocycles. The fraction of sp³-hybridized carbons (Fsp3) is 0.417. The Labute approximate surface area is 108 Å². The van der Waals surface area contributed by atoms with E-state index in [2.05, 4.69) is 22.6 Å². The highest BCUT2D eigenvalue weighted by atomic mass is 127. The minimum atomic E-state index is -0.649. The summed E-state index contributed by atoms with van der Waals surface area (Å²) in [4.78, 5) is 11.9. The van der Waals surface area contributed by atoms with Gasteiger partial charge < -0.3 is 9.84 Å². The Balaban J connectivity index is 1.99. The molecule has 0 amide bonds. The quantitative estimate of drug-likeness (QED) is 0.523. The van der Waals surface area contributed by atoms with E-state index in [1.165, 1.54) is 0 Å². The molecular weight excluding hydrogens is 319 g/mol. The van der Waals surface area contributed by atoms with Gasteiger partial charge in [-0.1, -0.05) is 11.6 Å². The van der Waals surface area contributed by atoms with E-state index in [1.807, 2.05) is 25.1 Å². The van der Waals surface area contributed by atoms with Gasteiger partial charge in [0.15, 0.2) is 12.1 Å². The molecule has 16 heavy (non-hydrogen) atoms. The number of carbonyl (C=O) groups is 1. The van der Waals surface area contributed by atoms with Crippen LogP contribution in [0.1, 0.15) is 28.8 Å². The van der Waals surface area contributed by atoms with Crippen molar-refractivity contribution in [3.63, 3.8) is 0 Å². The highest BCUT2D eigenvalue weighted by molar-refractivity contribution is 14.1. The smallest absolute Gasteiger partial charge is 0.181 e. The van der Waals surface area contributed by atoms with Crippen LogP contribution < -0.4 is 0 Å². The monoisotopic (exact) mass is 332 g/mol. The maximum Gasteiger partial charge on any atom is 0.181 e. The Morgan fingerprint density at radius 1 is 1.56 bits per heavy atom. The number of Topliss-reactive ketones (excluding diaryl/α,β-unsaturated/α-hetero) is 1. The molecule has 2 unspecified atom stereocenters. The average molecular weight is 332 g/mol. The van der Waals surface area contributed by atoms with E-state index in [0.29, 0.717) is 12.8 Å². The molecule has 0 saturated carbocycles. The molecule has 0 spiro atoms. The first-order valence-corrected chi connectivity index (χ1v) is 6.28. The number of aliphatic hydroxyl groups excluding tert-OH is 1. The Morgan fingerprint density at radius 2 is 2.25 bits per heavy atom. The lowest BCUT2D eigenvalue weighted by molar-refractivity contribution is 0.0975. The lowest BCUT2D eigenvalue weighted by Crippen LogP contribution is -2.04. The number of aliphatic hydroxyl groups is 1. The second-order valence-electron chi connectivity index (χ2n) is 4.01. The van der Waals surface area contributed by atoms with Gasteiger partial charge in [0.1, 0.15) is 6.10 Å². The van der Waals surface area contributed by atoms with Gasteiger partial charge in [-0.3, -0.25) is 4.79 Å². The molecule has 4 heteroatoms. The van der Waals surface area contributed by atoms with Gasteiger partial charge in [0, 0.05) is 15.6 Å². The van der Waals surface area contributed by atoms with Gasteiger partial charge in [0.25, 0.3) is 0 Å². The lowest BCUT2D eigenvalue weighted by Gasteiger charge is -2.04. The summed E-state index contributed by atoms with van der Waals surface area (Å²) in [6.45, 7) is 1.97. The predicted molar refractivity (Wildman–Crippen MR) is 68.3 cm³/mol. The lowest BCUT2D eigenvalue weighted by atomic mass is 10.0. The van der Waals surface area contributed by atoms with Crippen LogP contribution in [-0.2, 0) is 4.74 Å². The maximum atomic E-state index is 11.9. The van der Waals surface area contributed by atoms with Crippen molar-refractivity contribution in [3.05, 3.63) is 32.9 Å². The summed E-state index contributed by atoms with van der Waals surface area (Å²) in [5.74, 6) is 0.121. The van der Waals surface area contributed by atoms with Crippen molar-refractivity contribution < 1.29 is 14.6 Å². The van der Waals surface area contributed by atoms with Crippen molar-refractivity contribution >= 4 is 28.4 Å². The minimum Gasteiger partial charge on any atom is -0.366 e. The van der Waals surface area contributed by atoms with E-state index in [1.54, 1.807) is 0 Å². The van der Waals surface area contributed by atoms with E-state index in [4.69, 9.17) is 9.84 Å². The second-order valence-corrected chi connectivity index (χ2v) is 5.17. The van der Waals surface area contributed by atoms with Crippen molar-refractivity contribution in [2.24, 2.45) is 0 Å². The van der Waals surface area contributed by atoms with Crippen LogP contribution in [0.4, 0.5) is 0 Å². The molecule has 2 rings (SSSR count). The van der Waals surface area contributed by atoms with Crippen molar-refractivity contribution in [1.29, 1.82) is 0 Å². The standard InChI is InChI=1S/C12H13IO3/c1-7-2-3-9(13)8(6-7)10(14)4-5-11-12(15)16-11/h2-3,6,11-12,15H,4-5H2,1H3. The number of aryl methyl sites for hydroxylation is 1. The van der Waals surface area contributed by atoms with Crippen LogP contribution in [0, 0.1) is 10.5 Å². The molecule has 2 atom stereocenters. The van der Waals surface area contributed by atoms with Crippen LogP contribution in [0.25, 0.3) is 0 Å². The third-order valence-corrected chi connectivity index (χ3v) is 3.57. The van der Waals surface area contributed by atoms with E-state index in [0.717, 1.165) is 14.7 Å². The molecule has 1 aromatic carbocycles. The zero-order valence-corrected chi connectivity index (χ0v) is 11.1. The summed E-state index contributed by atoms with van der Waals surface area (Å²) in [5, 5.41) is 8.97. The number of ether oxygens (including phenoxy) is 1. The largest absolute Gasteiger partial charge is 0.366 e. The number of hydrogen-bond acceptors (Lipinski definition) is 3. The first-order chi connectivity index (χ1) is 7.58. The van der Waals surface area contributed by atoms with Crippen molar-refractivity contribution in [1.82, 2.24) is 0 Å². The fourth-order valence-corrected chi connectivity index (χ4v) is 2.24. The average Bonchev–Trinajstić information content (AvgIpc) is 2.95. The molecule has 1 aliphatic rings. The summed E-state index contributed by atoms with van der Waals surface area (Å²) in [6, 6.07) is 5.85. The van der Waals surface area contributed by atoms with E-state index in [-0.39, 0.29) is 11.9 Å². The molecule has 1 heterocycles. The molecule has 0 radical (unpaired) electrons. The van der Waals surface area contributed by atoms with Gasteiger partial charge in [-0.15, -0.1) is 0 Å². The molecule has 1 fully saturated rings.